The summed E-state index contributed by atoms with van der Waals surface area (Å²) in [4.78, 5) is 4.25. The molecule has 0 aliphatic heterocycles. The smallest absolute Gasteiger partial charge is 0.0543 e. The quantitative estimate of drug-likeness (QED) is 0.636. The van der Waals surface area contributed by atoms with Crippen molar-refractivity contribution < 1.29 is 10.2 Å². The lowest BCUT2D eigenvalue weighted by Gasteiger charge is -2.57. The van der Waals surface area contributed by atoms with E-state index in [1.807, 2.05) is 12.3 Å². The van der Waals surface area contributed by atoms with Gasteiger partial charge < -0.3 is 15.9 Å². The molecule has 0 bridgehead atoms. The average Bonchev–Trinajstić information content (AvgIpc) is 3.04. The number of allylic oxidation sites excluding steroid dienone is 1. The number of aliphatic hydroxyl groups is 2. The van der Waals surface area contributed by atoms with Crippen LogP contribution in [0.5, 0.6) is 0 Å². The molecule has 8 atom stereocenters. The molecule has 1 heterocycles. The Bertz CT molecular complexity index is 753. The molecule has 30 heavy (non-hydrogen) atoms. The van der Waals surface area contributed by atoms with Gasteiger partial charge in [-0.25, -0.2) is 0 Å². The minimum atomic E-state index is -0.268. The van der Waals surface area contributed by atoms with Gasteiger partial charge >= 0.3 is 0 Å². The zero-order valence-corrected chi connectivity index (χ0v) is 18.8. The minimum absolute atomic E-state index is 0.0136. The number of pyridine rings is 1. The van der Waals surface area contributed by atoms with Gasteiger partial charge in [-0.2, -0.15) is 0 Å². The first-order valence-electron chi connectivity index (χ1n) is 11.9. The first-order chi connectivity index (χ1) is 14.3. The summed E-state index contributed by atoms with van der Waals surface area (Å²) in [5, 5.41) is 21.1. The van der Waals surface area contributed by atoms with Crippen LogP contribution in [0, 0.1) is 34.5 Å². The maximum absolute atomic E-state index is 10.5. The van der Waals surface area contributed by atoms with Crippen LogP contribution in [-0.2, 0) is 6.42 Å². The van der Waals surface area contributed by atoms with Gasteiger partial charge in [-0.3, -0.25) is 4.98 Å². The minimum Gasteiger partial charge on any atom is -0.396 e. The average molecular weight is 413 g/mol. The number of aliphatic hydroxyl groups excluding tert-OH is 2. The highest BCUT2D eigenvalue weighted by molar-refractivity contribution is 5.21. The Kier molecular flexibility index (Phi) is 6.13. The predicted molar refractivity (Wildman–Crippen MR) is 121 cm³/mol. The fourth-order valence-corrected chi connectivity index (χ4v) is 7.67. The lowest BCUT2D eigenvalue weighted by Crippen LogP contribution is -2.55. The molecule has 0 radical (unpaired) electrons. The second kappa shape index (κ2) is 8.37. The second-order valence-corrected chi connectivity index (χ2v) is 10.9. The Morgan fingerprint density at radius 1 is 1.23 bits per heavy atom. The van der Waals surface area contributed by atoms with E-state index in [-0.39, 0.29) is 35.5 Å². The molecule has 4 rings (SSSR count). The summed E-state index contributed by atoms with van der Waals surface area (Å²) in [5.41, 5.74) is 9.62. The number of rotatable bonds is 5. The second-order valence-electron chi connectivity index (χ2n) is 10.9. The van der Waals surface area contributed by atoms with Crippen LogP contribution in [0.3, 0.4) is 0 Å². The van der Waals surface area contributed by atoms with E-state index >= 15 is 0 Å². The molecule has 0 aromatic carbocycles. The van der Waals surface area contributed by atoms with Gasteiger partial charge in [0, 0.05) is 25.0 Å². The fourth-order valence-electron chi connectivity index (χ4n) is 7.67. The van der Waals surface area contributed by atoms with E-state index < -0.39 is 0 Å². The summed E-state index contributed by atoms with van der Waals surface area (Å²) >= 11 is 0. The molecule has 4 N–H and O–H groups in total. The molecule has 0 saturated heterocycles. The zero-order chi connectivity index (χ0) is 21.5. The molecular formula is C26H40N2O2. The summed E-state index contributed by atoms with van der Waals surface area (Å²) in [6, 6.07) is 4.05. The Morgan fingerprint density at radius 2 is 2.03 bits per heavy atom. The third-order valence-corrected chi connectivity index (χ3v) is 9.55. The van der Waals surface area contributed by atoms with Crippen molar-refractivity contribution in [3.63, 3.8) is 0 Å². The topological polar surface area (TPSA) is 79.4 Å². The number of hydrogen-bond donors (Lipinski definition) is 3. The summed E-state index contributed by atoms with van der Waals surface area (Å²) in [7, 11) is 0. The molecule has 3 fully saturated rings. The molecule has 1 aromatic rings. The molecule has 0 amide bonds. The van der Waals surface area contributed by atoms with E-state index in [0.717, 1.165) is 50.5 Å². The van der Waals surface area contributed by atoms with Crippen molar-refractivity contribution in [2.45, 2.75) is 77.4 Å². The summed E-state index contributed by atoms with van der Waals surface area (Å²) in [5.74, 6) is 1.52. The normalized spacial score (nSPS) is 42.7. The van der Waals surface area contributed by atoms with Gasteiger partial charge in [-0.05, 0) is 97.5 Å². The van der Waals surface area contributed by atoms with E-state index in [2.05, 4.69) is 31.5 Å². The van der Waals surface area contributed by atoms with Crippen LogP contribution in [0.15, 0.2) is 36.7 Å². The monoisotopic (exact) mass is 412 g/mol. The Balaban J connectivity index is 1.61. The van der Waals surface area contributed by atoms with Crippen LogP contribution in [0.2, 0.25) is 0 Å². The summed E-state index contributed by atoms with van der Waals surface area (Å²) in [6.45, 7) is 9.43. The van der Waals surface area contributed by atoms with Gasteiger partial charge in [0.15, 0.2) is 0 Å². The number of hydrogen-bond acceptors (Lipinski definition) is 4. The fraction of sp³-hybridized carbons (Fsp3) is 0.731. The van der Waals surface area contributed by atoms with Crippen molar-refractivity contribution >= 4 is 0 Å². The zero-order valence-electron chi connectivity index (χ0n) is 18.8. The van der Waals surface area contributed by atoms with E-state index in [0.29, 0.717) is 17.8 Å². The summed E-state index contributed by atoms with van der Waals surface area (Å²) < 4.78 is 0. The van der Waals surface area contributed by atoms with Crippen molar-refractivity contribution in [2.24, 2.45) is 40.2 Å². The lowest BCUT2D eigenvalue weighted by atomic mass is 9.48. The maximum Gasteiger partial charge on any atom is 0.0543 e. The van der Waals surface area contributed by atoms with Crippen molar-refractivity contribution in [3.8, 4) is 0 Å². The highest BCUT2D eigenvalue weighted by Gasteiger charge is 2.57. The van der Waals surface area contributed by atoms with E-state index in [4.69, 9.17) is 5.73 Å². The van der Waals surface area contributed by atoms with Gasteiger partial charge in [0.2, 0.25) is 0 Å². The number of nitrogens with two attached hydrogens (primary N) is 1. The molecule has 0 spiro atoms. The molecule has 3 aliphatic carbocycles. The number of nitrogens with zero attached hydrogens (tertiary/aromatic N) is 1. The van der Waals surface area contributed by atoms with Crippen LogP contribution in [0.25, 0.3) is 0 Å². The van der Waals surface area contributed by atoms with Crippen LogP contribution in [0.4, 0.5) is 0 Å². The van der Waals surface area contributed by atoms with Crippen LogP contribution < -0.4 is 5.73 Å². The molecule has 3 saturated carbocycles. The largest absolute Gasteiger partial charge is 0.396 e. The standard InChI is InChI=1S/C26H40N2O2/c1-17-6-7-21-20(16-29)22(9-11-25(17,21)2)26(3)10-8-19(30)14-23(26)24(27)13-18-5-4-12-28-15-18/h4-5,12,15,19-24,29-30H,1,6-11,13-14,16,27H2,2-3H3. The van der Waals surface area contributed by atoms with Crippen molar-refractivity contribution in [1.29, 1.82) is 0 Å². The number of fused-ring (bicyclic) bond motifs is 1. The van der Waals surface area contributed by atoms with Crippen molar-refractivity contribution in [3.05, 3.63) is 42.2 Å². The van der Waals surface area contributed by atoms with Crippen molar-refractivity contribution in [2.75, 3.05) is 6.61 Å². The van der Waals surface area contributed by atoms with Gasteiger partial charge in [-0.1, -0.05) is 32.1 Å². The van der Waals surface area contributed by atoms with Crippen molar-refractivity contribution in [1.82, 2.24) is 4.98 Å². The Morgan fingerprint density at radius 3 is 2.73 bits per heavy atom. The molecule has 166 valence electrons. The highest BCUT2D eigenvalue weighted by Crippen LogP contribution is 2.63. The van der Waals surface area contributed by atoms with Gasteiger partial charge in [-0.15, -0.1) is 0 Å². The molecule has 4 heteroatoms. The van der Waals surface area contributed by atoms with Crippen LogP contribution in [0.1, 0.15) is 64.4 Å². The highest BCUT2D eigenvalue weighted by atomic mass is 16.3. The van der Waals surface area contributed by atoms with Gasteiger partial charge in [0.1, 0.15) is 0 Å². The molecule has 4 nitrogen and oxygen atoms in total. The van der Waals surface area contributed by atoms with E-state index in [9.17, 15) is 10.2 Å². The first kappa shape index (κ1) is 22.0. The Labute approximate surface area is 182 Å². The third kappa shape index (κ3) is 3.65. The molecule has 1 aromatic heterocycles. The SMILES string of the molecule is C=C1CCC2C(CO)C(C3(C)CCC(O)CC3C(N)Cc3cccnc3)CCC12C. The molecule has 8 unspecified atom stereocenters. The maximum atomic E-state index is 10.5. The van der Waals surface area contributed by atoms with Gasteiger partial charge in [0.25, 0.3) is 0 Å². The number of aromatic nitrogens is 1. The lowest BCUT2D eigenvalue weighted by molar-refractivity contribution is -0.0993. The van der Waals surface area contributed by atoms with E-state index in [1.54, 1.807) is 6.20 Å². The molecular weight excluding hydrogens is 372 g/mol. The van der Waals surface area contributed by atoms with Gasteiger partial charge in [0.05, 0.1) is 6.10 Å². The van der Waals surface area contributed by atoms with E-state index in [1.165, 1.54) is 12.0 Å². The first-order valence-corrected chi connectivity index (χ1v) is 11.9. The summed E-state index contributed by atoms with van der Waals surface area (Å²) in [6.07, 6.45) is 11.4. The van der Waals surface area contributed by atoms with Crippen LogP contribution >= 0.6 is 0 Å². The molecule has 3 aliphatic rings. The Hall–Kier alpha value is -1.23. The van der Waals surface area contributed by atoms with Crippen LogP contribution in [-0.4, -0.2) is 33.9 Å². The third-order valence-electron chi connectivity index (χ3n) is 9.55. The predicted octanol–water partition coefficient (Wildman–Crippen LogP) is 4.11.